The fourth-order valence-corrected chi connectivity index (χ4v) is 4.17. The Morgan fingerprint density at radius 1 is 1.13 bits per heavy atom. The molecule has 1 aromatic carbocycles. The van der Waals surface area contributed by atoms with Crippen molar-refractivity contribution in [2.45, 2.75) is 45.1 Å². The highest BCUT2D eigenvalue weighted by Gasteiger charge is 2.21. The molecule has 1 aliphatic rings. The summed E-state index contributed by atoms with van der Waals surface area (Å²) in [6.45, 7) is 3.25. The summed E-state index contributed by atoms with van der Waals surface area (Å²) in [7, 11) is 1.32. The van der Waals surface area contributed by atoms with Gasteiger partial charge in [-0.3, -0.25) is 0 Å². The average molecular weight is 513 g/mol. The Kier molecular flexibility index (Phi) is 7.92. The van der Waals surface area contributed by atoms with E-state index in [0.29, 0.717) is 17.9 Å². The molecule has 0 aliphatic carbocycles. The molecule has 1 saturated heterocycles. The molecule has 0 radical (unpaired) electrons. The number of imidazole rings is 1. The average Bonchev–Trinajstić information content (AvgIpc) is 3.63. The van der Waals surface area contributed by atoms with Crippen LogP contribution < -0.4 is 0 Å². The van der Waals surface area contributed by atoms with E-state index in [1.807, 2.05) is 48.0 Å². The fourth-order valence-electron chi connectivity index (χ4n) is 4.17. The minimum absolute atomic E-state index is 0.181. The molecular formula is C29H28N4O5. The van der Waals surface area contributed by atoms with Gasteiger partial charge in [-0.05, 0) is 62.6 Å². The summed E-state index contributed by atoms with van der Waals surface area (Å²) < 4.78 is 24.1. The lowest BCUT2D eigenvalue weighted by Gasteiger charge is -2.26. The van der Waals surface area contributed by atoms with Gasteiger partial charge in [0, 0.05) is 48.0 Å². The molecule has 0 saturated carbocycles. The van der Waals surface area contributed by atoms with E-state index >= 15 is 0 Å². The van der Waals surface area contributed by atoms with E-state index in [1.54, 1.807) is 24.5 Å². The van der Waals surface area contributed by atoms with Crippen molar-refractivity contribution in [1.29, 1.82) is 0 Å². The first-order chi connectivity index (χ1) is 18.6. The van der Waals surface area contributed by atoms with Crippen LogP contribution in [0.15, 0.2) is 65.6 Å². The number of ether oxygens (including phenoxy) is 3. The van der Waals surface area contributed by atoms with Crippen molar-refractivity contribution in [3.63, 3.8) is 0 Å². The van der Waals surface area contributed by atoms with Gasteiger partial charge in [0.2, 0.25) is 0 Å². The first-order valence-corrected chi connectivity index (χ1v) is 12.5. The Morgan fingerprint density at radius 3 is 2.68 bits per heavy atom. The number of rotatable bonds is 7. The second kappa shape index (κ2) is 11.9. The molecule has 0 N–H and O–H groups in total. The largest absolute Gasteiger partial charge is 0.464 e. The molecule has 5 rings (SSSR count). The molecule has 4 aromatic rings. The normalized spacial score (nSPS) is 15.9. The third-order valence-electron chi connectivity index (χ3n) is 6.18. The molecule has 4 heterocycles. The Balaban J connectivity index is 1.21. The predicted molar refractivity (Wildman–Crippen MR) is 138 cm³/mol. The fraction of sp³-hybridized carbons (Fsp3) is 0.310. The zero-order chi connectivity index (χ0) is 26.3. The van der Waals surface area contributed by atoms with Gasteiger partial charge >= 0.3 is 5.97 Å². The molecule has 0 bridgehead atoms. The highest BCUT2D eigenvalue weighted by atomic mass is 16.7. The lowest BCUT2D eigenvalue weighted by molar-refractivity contribution is -0.188. The maximum absolute atomic E-state index is 11.5. The number of methoxy groups -OCH3 is 1. The summed E-state index contributed by atoms with van der Waals surface area (Å²) in [5, 5.41) is 4.25. The zero-order valence-corrected chi connectivity index (χ0v) is 21.3. The monoisotopic (exact) mass is 512 g/mol. The van der Waals surface area contributed by atoms with Crippen molar-refractivity contribution in [1.82, 2.24) is 19.7 Å². The van der Waals surface area contributed by atoms with Crippen LogP contribution in [0.5, 0.6) is 0 Å². The van der Waals surface area contributed by atoms with Crippen LogP contribution in [0.3, 0.4) is 0 Å². The van der Waals surface area contributed by atoms with Crippen molar-refractivity contribution in [2.75, 3.05) is 13.7 Å². The summed E-state index contributed by atoms with van der Waals surface area (Å²) in [4.78, 5) is 20.1. The standard InChI is InChI=1S/C29H28N4O5/c1-20(37-27-5-3-4-16-36-27)28-30-14-15-33(28)19-24-17-26(38-32-24)23-11-8-21(9-12-23)6-7-22-10-13-25(31-18-22)29(34)35-2/h8-15,17-18,20,27H,3-5,16,19H2,1-2H3. The molecule has 1 fully saturated rings. The van der Waals surface area contributed by atoms with Gasteiger partial charge in [-0.15, -0.1) is 0 Å². The van der Waals surface area contributed by atoms with E-state index in [2.05, 4.69) is 31.7 Å². The van der Waals surface area contributed by atoms with Crippen molar-refractivity contribution in [3.05, 3.63) is 89.4 Å². The minimum Gasteiger partial charge on any atom is -0.464 e. The Morgan fingerprint density at radius 2 is 1.95 bits per heavy atom. The van der Waals surface area contributed by atoms with Gasteiger partial charge in [0.1, 0.15) is 23.3 Å². The van der Waals surface area contributed by atoms with Crippen LogP contribution in [-0.2, 0) is 20.8 Å². The van der Waals surface area contributed by atoms with Gasteiger partial charge in [0.25, 0.3) is 0 Å². The molecule has 9 heteroatoms. The van der Waals surface area contributed by atoms with Crippen LogP contribution in [0, 0.1) is 11.8 Å². The number of benzene rings is 1. The van der Waals surface area contributed by atoms with Crippen LogP contribution >= 0.6 is 0 Å². The molecule has 2 unspecified atom stereocenters. The minimum atomic E-state index is -0.477. The van der Waals surface area contributed by atoms with Crippen LogP contribution in [0.2, 0.25) is 0 Å². The van der Waals surface area contributed by atoms with Gasteiger partial charge in [-0.1, -0.05) is 17.0 Å². The predicted octanol–water partition coefficient (Wildman–Crippen LogP) is 4.77. The summed E-state index contributed by atoms with van der Waals surface area (Å²) >= 11 is 0. The second-order valence-corrected chi connectivity index (χ2v) is 8.92. The number of carbonyl (C=O) groups excluding carboxylic acids is 1. The topological polar surface area (TPSA) is 102 Å². The van der Waals surface area contributed by atoms with E-state index < -0.39 is 5.97 Å². The number of hydrogen-bond acceptors (Lipinski definition) is 8. The Bertz CT molecular complexity index is 1420. The van der Waals surface area contributed by atoms with Gasteiger partial charge in [-0.25, -0.2) is 14.8 Å². The SMILES string of the molecule is COC(=O)c1ccc(C#Cc2ccc(-c3cc(Cn4ccnc4C(C)OC4CCCCO4)no3)cc2)cn1. The first-order valence-electron chi connectivity index (χ1n) is 12.5. The van der Waals surface area contributed by atoms with Gasteiger partial charge < -0.3 is 23.3 Å². The molecule has 2 atom stereocenters. The number of hydrogen-bond donors (Lipinski definition) is 0. The van der Waals surface area contributed by atoms with Crippen molar-refractivity contribution in [3.8, 4) is 23.2 Å². The molecule has 9 nitrogen and oxygen atoms in total. The van der Waals surface area contributed by atoms with E-state index in [0.717, 1.165) is 48.5 Å². The van der Waals surface area contributed by atoms with E-state index in [-0.39, 0.29) is 18.1 Å². The summed E-state index contributed by atoms with van der Waals surface area (Å²) in [6, 6.07) is 13.0. The van der Waals surface area contributed by atoms with E-state index in [4.69, 9.17) is 14.0 Å². The molecule has 38 heavy (non-hydrogen) atoms. The Labute approximate surface area is 220 Å². The molecular weight excluding hydrogens is 484 g/mol. The van der Waals surface area contributed by atoms with Crippen molar-refractivity contribution in [2.24, 2.45) is 0 Å². The van der Waals surface area contributed by atoms with Crippen LogP contribution in [0.25, 0.3) is 11.3 Å². The van der Waals surface area contributed by atoms with Crippen LogP contribution in [-0.4, -0.2) is 45.7 Å². The number of nitrogens with zero attached hydrogens (tertiary/aromatic N) is 4. The summed E-state index contributed by atoms with van der Waals surface area (Å²) in [5.41, 5.74) is 3.47. The maximum Gasteiger partial charge on any atom is 0.356 e. The number of carbonyl (C=O) groups is 1. The molecule has 3 aromatic heterocycles. The third-order valence-corrected chi connectivity index (χ3v) is 6.18. The van der Waals surface area contributed by atoms with E-state index in [9.17, 15) is 4.79 Å². The first kappa shape index (κ1) is 25.4. The quantitative estimate of drug-likeness (QED) is 0.258. The Hall–Kier alpha value is -4.26. The second-order valence-electron chi connectivity index (χ2n) is 8.92. The molecule has 194 valence electrons. The van der Waals surface area contributed by atoms with Gasteiger partial charge in [-0.2, -0.15) is 0 Å². The number of esters is 1. The maximum atomic E-state index is 11.5. The highest BCUT2D eigenvalue weighted by Crippen LogP contribution is 2.25. The third kappa shape index (κ3) is 6.17. The van der Waals surface area contributed by atoms with Gasteiger partial charge in [0.05, 0.1) is 13.7 Å². The molecule has 0 spiro atoms. The summed E-state index contributed by atoms with van der Waals surface area (Å²) in [5.74, 6) is 7.16. The molecule has 0 amide bonds. The van der Waals surface area contributed by atoms with Crippen LogP contribution in [0.1, 0.15) is 65.4 Å². The zero-order valence-electron chi connectivity index (χ0n) is 21.3. The molecule has 1 aliphatic heterocycles. The smallest absolute Gasteiger partial charge is 0.356 e. The highest BCUT2D eigenvalue weighted by molar-refractivity contribution is 5.87. The van der Waals surface area contributed by atoms with Crippen LogP contribution in [0.4, 0.5) is 0 Å². The lowest BCUT2D eigenvalue weighted by Crippen LogP contribution is -2.24. The number of aromatic nitrogens is 4. The number of pyridine rings is 1. The van der Waals surface area contributed by atoms with Crippen molar-refractivity contribution >= 4 is 5.97 Å². The summed E-state index contributed by atoms with van der Waals surface area (Å²) in [6.07, 6.45) is 7.95. The van der Waals surface area contributed by atoms with Gasteiger partial charge in [0.15, 0.2) is 12.1 Å². The van der Waals surface area contributed by atoms with E-state index in [1.165, 1.54) is 7.11 Å². The van der Waals surface area contributed by atoms with Crippen molar-refractivity contribution < 1.29 is 23.5 Å². The lowest BCUT2D eigenvalue weighted by atomic mass is 10.1.